The number of carbonyl (C=O) groups is 2. The van der Waals surface area contributed by atoms with E-state index in [9.17, 15) is 9.59 Å². The molecule has 1 aliphatic heterocycles. The van der Waals surface area contributed by atoms with E-state index in [-0.39, 0.29) is 5.69 Å². The molecule has 35 heavy (non-hydrogen) atoms. The first-order chi connectivity index (χ1) is 16.7. The third-order valence-electron chi connectivity index (χ3n) is 5.56. The molecule has 0 radical (unpaired) electrons. The van der Waals surface area contributed by atoms with Crippen LogP contribution in [0.2, 0.25) is 0 Å². The lowest BCUT2D eigenvalue weighted by atomic mass is 10.1. The molecule has 1 fully saturated rings. The average molecular weight is 478 g/mol. The zero-order chi connectivity index (χ0) is 25.0. The van der Waals surface area contributed by atoms with E-state index < -0.39 is 17.6 Å². The van der Waals surface area contributed by atoms with Crippen molar-refractivity contribution in [2.75, 3.05) is 48.8 Å². The minimum absolute atomic E-state index is 0.273. The number of likely N-dealkylation sites (N-methyl/N-ethyl adjacent to an activating group) is 1. The molecular weight excluding hydrogens is 446 g/mol. The van der Waals surface area contributed by atoms with Gasteiger partial charge in [-0.25, -0.2) is 9.78 Å². The second kappa shape index (κ2) is 10.2. The maximum Gasteiger partial charge on any atom is 0.412 e. The van der Waals surface area contributed by atoms with Crippen molar-refractivity contribution in [2.24, 2.45) is 0 Å². The molecule has 0 unspecified atom stereocenters. The van der Waals surface area contributed by atoms with Gasteiger partial charge in [0.1, 0.15) is 17.1 Å². The molecule has 0 atom stereocenters. The van der Waals surface area contributed by atoms with Gasteiger partial charge in [-0.15, -0.1) is 0 Å². The van der Waals surface area contributed by atoms with E-state index in [0.29, 0.717) is 17.1 Å². The van der Waals surface area contributed by atoms with Crippen molar-refractivity contribution in [3.05, 3.63) is 60.6 Å². The molecule has 9 nitrogen and oxygen atoms in total. The first kappa shape index (κ1) is 24.3. The zero-order valence-electron chi connectivity index (χ0n) is 20.5. The average Bonchev–Trinajstić information content (AvgIpc) is 3.35. The molecule has 2 aromatic heterocycles. The highest BCUT2D eigenvalue weighted by atomic mass is 16.6. The number of anilines is 3. The second-order valence-electron chi connectivity index (χ2n) is 9.51. The van der Waals surface area contributed by atoms with Crippen LogP contribution in [0.25, 0.3) is 11.3 Å². The molecule has 4 rings (SSSR count). The van der Waals surface area contributed by atoms with Crippen molar-refractivity contribution < 1.29 is 18.7 Å². The number of amides is 2. The molecular formula is C26H31N5O4. The summed E-state index contributed by atoms with van der Waals surface area (Å²) < 4.78 is 10.8. The van der Waals surface area contributed by atoms with Gasteiger partial charge in [-0.2, -0.15) is 0 Å². The summed E-state index contributed by atoms with van der Waals surface area (Å²) in [6, 6.07) is 12.5. The lowest BCUT2D eigenvalue weighted by Crippen LogP contribution is -2.44. The minimum Gasteiger partial charge on any atom is -0.464 e. The Hall–Kier alpha value is -3.85. The summed E-state index contributed by atoms with van der Waals surface area (Å²) in [5, 5.41) is 5.58. The van der Waals surface area contributed by atoms with E-state index in [4.69, 9.17) is 9.15 Å². The Kier molecular flexibility index (Phi) is 7.07. The van der Waals surface area contributed by atoms with Gasteiger partial charge >= 0.3 is 6.09 Å². The molecule has 1 aliphatic rings. The number of piperazine rings is 1. The van der Waals surface area contributed by atoms with Crippen LogP contribution >= 0.6 is 0 Å². The van der Waals surface area contributed by atoms with Crippen molar-refractivity contribution in [1.82, 2.24) is 9.88 Å². The number of carbonyl (C=O) groups excluding carboxylic acids is 2. The fraction of sp³-hybridized carbons (Fsp3) is 0.346. The van der Waals surface area contributed by atoms with Crippen molar-refractivity contribution in [3.8, 4) is 11.3 Å². The summed E-state index contributed by atoms with van der Waals surface area (Å²) in [4.78, 5) is 34.3. The molecule has 3 heterocycles. The standard InChI is InChI=1S/C26H31N5O4/c1-26(2,3)35-25(33)29-20-9-7-18(23-6-5-15-34-23)16-22(20)28-24(32)21-10-8-19(17-27-21)31-13-11-30(4)12-14-31/h5-10,15-17H,11-14H2,1-4H3,(H,28,32)(H,29,33). The van der Waals surface area contributed by atoms with E-state index in [1.807, 2.05) is 12.1 Å². The summed E-state index contributed by atoms with van der Waals surface area (Å²) in [5.41, 5.74) is 2.16. The van der Waals surface area contributed by atoms with Crippen LogP contribution in [0.5, 0.6) is 0 Å². The number of pyridine rings is 1. The highest BCUT2D eigenvalue weighted by molar-refractivity contribution is 6.06. The van der Waals surface area contributed by atoms with Crippen molar-refractivity contribution >= 4 is 29.1 Å². The summed E-state index contributed by atoms with van der Waals surface area (Å²) in [6.45, 7) is 9.17. The van der Waals surface area contributed by atoms with Gasteiger partial charge < -0.3 is 24.3 Å². The molecule has 0 saturated carbocycles. The Morgan fingerprint density at radius 3 is 2.40 bits per heavy atom. The van der Waals surface area contributed by atoms with E-state index in [2.05, 4.69) is 32.5 Å². The van der Waals surface area contributed by atoms with Crippen LogP contribution in [-0.2, 0) is 4.74 Å². The predicted molar refractivity (Wildman–Crippen MR) is 136 cm³/mol. The van der Waals surface area contributed by atoms with Gasteiger partial charge in [-0.3, -0.25) is 10.1 Å². The van der Waals surface area contributed by atoms with Gasteiger partial charge in [0.05, 0.1) is 29.5 Å². The van der Waals surface area contributed by atoms with Crippen molar-refractivity contribution in [2.45, 2.75) is 26.4 Å². The molecule has 2 amide bonds. The number of nitrogens with one attached hydrogen (secondary N) is 2. The van der Waals surface area contributed by atoms with Gasteiger partial charge in [0, 0.05) is 31.7 Å². The van der Waals surface area contributed by atoms with Gasteiger partial charge in [-0.1, -0.05) is 0 Å². The summed E-state index contributed by atoms with van der Waals surface area (Å²) in [6.07, 6.45) is 2.68. The summed E-state index contributed by atoms with van der Waals surface area (Å²) >= 11 is 0. The number of hydrogen-bond donors (Lipinski definition) is 2. The molecule has 9 heteroatoms. The number of nitrogens with zero attached hydrogens (tertiary/aromatic N) is 3. The lowest BCUT2D eigenvalue weighted by molar-refractivity contribution is 0.0635. The van der Waals surface area contributed by atoms with Crippen molar-refractivity contribution in [1.29, 1.82) is 0 Å². The second-order valence-corrected chi connectivity index (χ2v) is 9.51. The number of ether oxygens (including phenoxy) is 1. The molecule has 0 spiro atoms. The Labute approximate surface area is 205 Å². The number of furan rings is 1. The smallest absolute Gasteiger partial charge is 0.412 e. The monoisotopic (exact) mass is 477 g/mol. The third-order valence-corrected chi connectivity index (χ3v) is 5.56. The maximum atomic E-state index is 13.0. The summed E-state index contributed by atoms with van der Waals surface area (Å²) in [5.74, 6) is 0.248. The van der Waals surface area contributed by atoms with E-state index in [1.54, 1.807) is 63.6 Å². The van der Waals surface area contributed by atoms with Crippen LogP contribution in [0.1, 0.15) is 31.3 Å². The first-order valence-electron chi connectivity index (χ1n) is 11.6. The van der Waals surface area contributed by atoms with Crippen LogP contribution in [0.3, 0.4) is 0 Å². The largest absolute Gasteiger partial charge is 0.464 e. The first-order valence-corrected chi connectivity index (χ1v) is 11.6. The van der Waals surface area contributed by atoms with Gasteiger partial charge in [0.15, 0.2) is 0 Å². The van der Waals surface area contributed by atoms with Crippen molar-refractivity contribution in [3.63, 3.8) is 0 Å². The number of aromatic nitrogens is 1. The minimum atomic E-state index is -0.656. The molecule has 1 aromatic carbocycles. The zero-order valence-corrected chi connectivity index (χ0v) is 20.5. The molecule has 1 saturated heterocycles. The Balaban J connectivity index is 1.53. The predicted octanol–water partition coefficient (Wildman–Crippen LogP) is 4.69. The maximum absolute atomic E-state index is 13.0. The molecule has 2 N–H and O–H groups in total. The van der Waals surface area contributed by atoms with Gasteiger partial charge in [0.2, 0.25) is 0 Å². The number of rotatable bonds is 5. The Morgan fingerprint density at radius 1 is 1.00 bits per heavy atom. The fourth-order valence-electron chi connectivity index (χ4n) is 3.72. The summed E-state index contributed by atoms with van der Waals surface area (Å²) in [7, 11) is 2.11. The lowest BCUT2D eigenvalue weighted by Gasteiger charge is -2.33. The van der Waals surface area contributed by atoms with Gasteiger partial charge in [-0.05, 0) is 70.3 Å². The third kappa shape index (κ3) is 6.39. The Bertz CT molecular complexity index is 1160. The molecule has 0 aliphatic carbocycles. The van der Waals surface area contributed by atoms with Crippen LogP contribution in [0.15, 0.2) is 59.3 Å². The van der Waals surface area contributed by atoms with Crippen LogP contribution in [0, 0.1) is 0 Å². The van der Waals surface area contributed by atoms with E-state index in [0.717, 1.165) is 37.4 Å². The fourth-order valence-corrected chi connectivity index (χ4v) is 3.72. The van der Waals surface area contributed by atoms with Crippen LogP contribution < -0.4 is 15.5 Å². The van der Waals surface area contributed by atoms with Crippen LogP contribution in [-0.4, -0.2) is 60.7 Å². The number of hydrogen-bond acceptors (Lipinski definition) is 7. The van der Waals surface area contributed by atoms with E-state index >= 15 is 0 Å². The Morgan fingerprint density at radius 2 is 1.77 bits per heavy atom. The van der Waals surface area contributed by atoms with E-state index in [1.165, 1.54) is 0 Å². The highest BCUT2D eigenvalue weighted by Gasteiger charge is 2.20. The van der Waals surface area contributed by atoms with Gasteiger partial charge in [0.25, 0.3) is 5.91 Å². The topological polar surface area (TPSA) is 99.9 Å². The molecule has 3 aromatic rings. The quantitative estimate of drug-likeness (QED) is 0.550. The molecule has 184 valence electrons. The number of benzene rings is 1. The normalized spacial score (nSPS) is 14.5. The SMILES string of the molecule is CN1CCN(c2ccc(C(=O)Nc3cc(-c4ccco4)ccc3NC(=O)OC(C)(C)C)nc2)CC1. The molecule has 0 bridgehead atoms. The van der Waals surface area contributed by atoms with Crippen LogP contribution in [0.4, 0.5) is 21.9 Å². The highest BCUT2D eigenvalue weighted by Crippen LogP contribution is 2.30.